The van der Waals surface area contributed by atoms with Crippen molar-refractivity contribution in [1.29, 1.82) is 0 Å². The second-order valence-electron chi connectivity index (χ2n) is 12.9. The summed E-state index contributed by atoms with van der Waals surface area (Å²) in [6, 6.07) is 10.9. The maximum absolute atomic E-state index is 14.6. The lowest BCUT2D eigenvalue weighted by atomic mass is 9.95. The first-order valence-electron chi connectivity index (χ1n) is 17.7. The van der Waals surface area contributed by atoms with Crippen LogP contribution in [0.25, 0.3) is 22.2 Å². The molecule has 0 bridgehead atoms. The zero-order chi connectivity index (χ0) is 38.8. The Balaban J connectivity index is 1.88. The number of aromatic nitrogens is 1. The maximum atomic E-state index is 14.6. The molecule has 2 heterocycles. The van der Waals surface area contributed by atoms with Gasteiger partial charge in [0.1, 0.15) is 0 Å². The van der Waals surface area contributed by atoms with Crippen molar-refractivity contribution in [3.8, 4) is 22.8 Å². The van der Waals surface area contributed by atoms with Crippen LogP contribution in [-0.4, -0.2) is 86.1 Å². The Morgan fingerprint density at radius 2 is 1.43 bits per heavy atom. The molecule has 1 fully saturated rings. The molecule has 4 rings (SSSR count). The summed E-state index contributed by atoms with van der Waals surface area (Å²) >= 11 is 0. The van der Waals surface area contributed by atoms with Crippen LogP contribution in [0.5, 0.6) is 11.5 Å². The smallest absolute Gasteiger partial charge is 0.303 e. The highest BCUT2D eigenvalue weighted by Gasteiger charge is 2.54. The molecule has 14 nitrogen and oxygen atoms in total. The second kappa shape index (κ2) is 18.5. The zero-order valence-corrected chi connectivity index (χ0v) is 31.5. The number of benzene rings is 2. The molecule has 2 amide bonds. The fourth-order valence-corrected chi connectivity index (χ4v) is 6.27. The van der Waals surface area contributed by atoms with E-state index in [9.17, 15) is 24.0 Å². The van der Waals surface area contributed by atoms with Crippen LogP contribution >= 0.6 is 0 Å². The third-order valence-corrected chi connectivity index (χ3v) is 8.71. The Labute approximate surface area is 309 Å². The van der Waals surface area contributed by atoms with Crippen LogP contribution in [0, 0.1) is 6.92 Å². The van der Waals surface area contributed by atoms with Crippen molar-refractivity contribution in [2.45, 2.75) is 104 Å². The number of hydrogen-bond acceptors (Lipinski definition) is 12. The lowest BCUT2D eigenvalue weighted by Gasteiger charge is -2.44. The zero-order valence-electron chi connectivity index (χ0n) is 31.5. The van der Waals surface area contributed by atoms with Crippen LogP contribution < -0.4 is 20.1 Å². The van der Waals surface area contributed by atoms with Crippen molar-refractivity contribution >= 4 is 40.6 Å². The molecule has 1 aliphatic rings. The van der Waals surface area contributed by atoms with Crippen LogP contribution in [0.4, 0.5) is 0 Å². The predicted octanol–water partition coefficient (Wildman–Crippen LogP) is 4.74. The van der Waals surface area contributed by atoms with Gasteiger partial charge in [0.25, 0.3) is 11.8 Å². The number of hydrogen-bond donors (Lipinski definition) is 2. The van der Waals surface area contributed by atoms with Gasteiger partial charge in [-0.25, -0.2) is 4.98 Å². The van der Waals surface area contributed by atoms with Gasteiger partial charge in [0.05, 0.1) is 31.0 Å². The SMILES string of the molecule is CCCCNC(=O)C1OC(NC(=O)c2cc(-c3ccc(OC)c(OC)c3)nc3c(C)cc(CCCC)cc23)C(OC(C)=O)C(OC(C)=O)C1OC(C)=O. The molecule has 53 heavy (non-hydrogen) atoms. The average molecular weight is 736 g/mol. The molecular weight excluding hydrogens is 686 g/mol. The number of ether oxygens (including phenoxy) is 6. The highest BCUT2D eigenvalue weighted by molar-refractivity contribution is 6.08. The molecule has 1 saturated heterocycles. The van der Waals surface area contributed by atoms with Gasteiger partial charge in [0.2, 0.25) is 0 Å². The van der Waals surface area contributed by atoms with Gasteiger partial charge >= 0.3 is 17.9 Å². The highest BCUT2D eigenvalue weighted by Crippen LogP contribution is 2.35. The standard InChI is InChI=1S/C39H49N3O11/c1-9-11-13-25-17-21(3)32-27(18-25)28(20-29(41-32)26-14-15-30(48-7)31(19-26)49-8)37(46)42-39-36(52-24(6)45)34(51-23(5)44)33(50-22(4)43)35(53-39)38(47)40-16-12-10-2/h14-15,17-20,33-36,39H,9-13,16H2,1-8H3,(H,40,47)(H,42,46). The summed E-state index contributed by atoms with van der Waals surface area (Å²) in [7, 11) is 3.05. The van der Waals surface area contributed by atoms with Gasteiger partial charge in [0.15, 0.2) is 42.1 Å². The first-order chi connectivity index (χ1) is 25.3. The maximum Gasteiger partial charge on any atom is 0.303 e. The second-order valence-corrected chi connectivity index (χ2v) is 12.9. The number of rotatable bonds is 15. The van der Waals surface area contributed by atoms with E-state index in [1.807, 2.05) is 26.0 Å². The third kappa shape index (κ3) is 10.0. The van der Waals surface area contributed by atoms with Crippen molar-refractivity contribution in [1.82, 2.24) is 15.6 Å². The van der Waals surface area contributed by atoms with E-state index in [1.54, 1.807) is 24.3 Å². The highest BCUT2D eigenvalue weighted by atomic mass is 16.7. The molecule has 5 atom stereocenters. The van der Waals surface area contributed by atoms with Gasteiger partial charge in [-0.05, 0) is 67.6 Å². The molecule has 2 aromatic carbocycles. The molecule has 286 valence electrons. The molecule has 14 heteroatoms. The molecule has 5 unspecified atom stereocenters. The number of carbonyl (C=O) groups excluding carboxylic acids is 5. The van der Waals surface area contributed by atoms with Crippen molar-refractivity contribution in [3.05, 3.63) is 53.1 Å². The van der Waals surface area contributed by atoms with E-state index >= 15 is 0 Å². The number of amides is 2. The Morgan fingerprint density at radius 3 is 2.06 bits per heavy atom. The minimum atomic E-state index is -1.56. The summed E-state index contributed by atoms with van der Waals surface area (Å²) in [6.45, 7) is 9.61. The van der Waals surface area contributed by atoms with Crippen molar-refractivity contribution in [3.63, 3.8) is 0 Å². The van der Waals surface area contributed by atoms with E-state index < -0.39 is 60.4 Å². The molecule has 2 N–H and O–H groups in total. The van der Waals surface area contributed by atoms with Gasteiger partial charge in [-0.15, -0.1) is 0 Å². The van der Waals surface area contributed by atoms with Gasteiger partial charge in [0, 0.05) is 38.3 Å². The Hall–Kier alpha value is -5.24. The summed E-state index contributed by atoms with van der Waals surface area (Å²) < 4.78 is 33.7. The van der Waals surface area contributed by atoms with E-state index in [0.29, 0.717) is 40.1 Å². The van der Waals surface area contributed by atoms with Crippen LogP contribution in [0.2, 0.25) is 0 Å². The minimum Gasteiger partial charge on any atom is -0.493 e. The quantitative estimate of drug-likeness (QED) is 0.125. The molecule has 1 aliphatic heterocycles. The number of aryl methyl sites for hydroxylation is 2. The van der Waals surface area contributed by atoms with Gasteiger partial charge in [-0.3, -0.25) is 24.0 Å². The number of nitrogens with one attached hydrogen (secondary N) is 2. The fourth-order valence-electron chi connectivity index (χ4n) is 6.27. The van der Waals surface area contributed by atoms with E-state index in [4.69, 9.17) is 33.4 Å². The fraction of sp³-hybridized carbons (Fsp3) is 0.487. The molecular formula is C39H49N3O11. The molecule has 0 saturated carbocycles. The van der Waals surface area contributed by atoms with Crippen LogP contribution in [0.3, 0.4) is 0 Å². The number of carbonyl (C=O) groups is 5. The van der Waals surface area contributed by atoms with E-state index in [-0.39, 0.29) is 12.1 Å². The van der Waals surface area contributed by atoms with Crippen molar-refractivity contribution < 1.29 is 52.4 Å². The molecule has 0 aliphatic carbocycles. The number of esters is 3. The predicted molar refractivity (Wildman–Crippen MR) is 194 cm³/mol. The summed E-state index contributed by atoms with van der Waals surface area (Å²) in [6.07, 6.45) is -3.54. The monoisotopic (exact) mass is 735 g/mol. The summed E-state index contributed by atoms with van der Waals surface area (Å²) in [5, 5.41) is 6.09. The van der Waals surface area contributed by atoms with Crippen molar-refractivity contribution in [2.75, 3.05) is 20.8 Å². The normalized spacial score (nSPS) is 19.5. The first kappa shape index (κ1) is 40.5. The minimum absolute atomic E-state index is 0.210. The van der Waals surface area contributed by atoms with Crippen molar-refractivity contribution in [2.24, 2.45) is 0 Å². The number of nitrogens with zero attached hydrogens (tertiary/aromatic N) is 1. The van der Waals surface area contributed by atoms with Gasteiger partial charge < -0.3 is 39.1 Å². The molecule has 3 aromatic rings. The van der Waals surface area contributed by atoms with E-state index in [0.717, 1.165) is 57.6 Å². The Kier molecular flexibility index (Phi) is 14.1. The number of pyridine rings is 1. The Morgan fingerprint density at radius 1 is 0.792 bits per heavy atom. The number of unbranched alkanes of at least 4 members (excludes halogenated alkanes) is 2. The molecule has 0 spiro atoms. The van der Waals surface area contributed by atoms with E-state index in [2.05, 4.69) is 17.6 Å². The molecule has 1 aromatic heterocycles. The number of methoxy groups -OCH3 is 2. The lowest BCUT2D eigenvalue weighted by Crippen LogP contribution is -2.67. The molecule has 0 radical (unpaired) electrons. The van der Waals surface area contributed by atoms with Gasteiger partial charge in [-0.2, -0.15) is 0 Å². The van der Waals surface area contributed by atoms with Gasteiger partial charge in [-0.1, -0.05) is 32.8 Å². The summed E-state index contributed by atoms with van der Waals surface area (Å²) in [5.41, 5.74) is 3.74. The lowest BCUT2D eigenvalue weighted by molar-refractivity contribution is -0.246. The average Bonchev–Trinajstić information content (AvgIpc) is 3.11. The first-order valence-corrected chi connectivity index (χ1v) is 17.7. The summed E-state index contributed by atoms with van der Waals surface area (Å²) in [5.74, 6) is -2.77. The van der Waals surface area contributed by atoms with Crippen LogP contribution in [0.1, 0.15) is 81.8 Å². The summed E-state index contributed by atoms with van der Waals surface area (Å²) in [4.78, 5) is 70.2. The topological polar surface area (TPSA) is 178 Å². The Bertz CT molecular complexity index is 1830. The van der Waals surface area contributed by atoms with Crippen LogP contribution in [0.15, 0.2) is 36.4 Å². The van der Waals surface area contributed by atoms with Crippen LogP contribution in [-0.2, 0) is 44.5 Å². The third-order valence-electron chi connectivity index (χ3n) is 8.71. The largest absolute Gasteiger partial charge is 0.493 e. The number of fused-ring (bicyclic) bond motifs is 1. The van der Waals surface area contributed by atoms with E-state index in [1.165, 1.54) is 14.2 Å².